The fourth-order valence-corrected chi connectivity index (χ4v) is 2.82. The number of piperidine rings is 1. The molecule has 4 heteroatoms. The molecule has 0 radical (unpaired) electrons. The Morgan fingerprint density at radius 3 is 2.95 bits per heavy atom. The zero-order chi connectivity index (χ0) is 13.8. The number of carbonyl (C=O) groups is 1. The summed E-state index contributed by atoms with van der Waals surface area (Å²) in [5, 5.41) is 3.70. The lowest BCUT2D eigenvalue weighted by Gasteiger charge is -2.32. The third-order valence-corrected chi connectivity index (χ3v) is 4.09. The third-order valence-electron chi connectivity index (χ3n) is 3.85. The predicted molar refractivity (Wildman–Crippen MR) is 78.8 cm³/mol. The molecule has 1 heterocycles. The van der Waals surface area contributed by atoms with E-state index < -0.39 is 0 Å². The summed E-state index contributed by atoms with van der Waals surface area (Å²) in [5.74, 6) is -0.00635. The van der Waals surface area contributed by atoms with Gasteiger partial charge in [-0.05, 0) is 57.1 Å². The maximum absolute atomic E-state index is 12.2. The maximum Gasteiger partial charge on any atom is 0.251 e. The summed E-state index contributed by atoms with van der Waals surface area (Å²) in [7, 11) is 2.13. The lowest BCUT2D eigenvalue weighted by atomic mass is 10.0. The predicted octanol–water partition coefficient (Wildman–Crippen LogP) is 2.86. The molecule has 1 N–H and O–H groups in total. The van der Waals surface area contributed by atoms with Crippen LogP contribution in [-0.2, 0) is 0 Å². The molecule has 0 unspecified atom stereocenters. The van der Waals surface area contributed by atoms with Crippen LogP contribution in [0.1, 0.15) is 35.2 Å². The molecular weight excluding hydrogens is 260 g/mol. The van der Waals surface area contributed by atoms with Crippen LogP contribution in [0.3, 0.4) is 0 Å². The number of hydrogen-bond donors (Lipinski definition) is 1. The van der Waals surface area contributed by atoms with Crippen LogP contribution >= 0.6 is 11.6 Å². The Morgan fingerprint density at radius 2 is 2.26 bits per heavy atom. The van der Waals surface area contributed by atoms with Crippen molar-refractivity contribution in [2.24, 2.45) is 0 Å². The van der Waals surface area contributed by atoms with Gasteiger partial charge >= 0.3 is 0 Å². The minimum absolute atomic E-state index is 0.00635. The van der Waals surface area contributed by atoms with Gasteiger partial charge in [-0.3, -0.25) is 4.79 Å². The molecule has 1 aliphatic rings. The fraction of sp³-hybridized carbons (Fsp3) is 0.533. The second-order valence-electron chi connectivity index (χ2n) is 5.30. The van der Waals surface area contributed by atoms with E-state index in [0.717, 1.165) is 25.1 Å². The van der Waals surface area contributed by atoms with Gasteiger partial charge in [0.25, 0.3) is 5.91 Å². The number of carbonyl (C=O) groups excluding carboxylic acids is 1. The van der Waals surface area contributed by atoms with Gasteiger partial charge in [0.2, 0.25) is 0 Å². The molecule has 0 spiro atoms. The van der Waals surface area contributed by atoms with Gasteiger partial charge in [-0.2, -0.15) is 0 Å². The molecule has 0 saturated carbocycles. The van der Waals surface area contributed by atoms with Crippen molar-refractivity contribution in [3.8, 4) is 0 Å². The van der Waals surface area contributed by atoms with Crippen LogP contribution in [-0.4, -0.2) is 37.0 Å². The van der Waals surface area contributed by atoms with E-state index in [1.165, 1.54) is 12.8 Å². The van der Waals surface area contributed by atoms with Crippen LogP contribution in [0.25, 0.3) is 0 Å². The highest BCUT2D eigenvalue weighted by Crippen LogP contribution is 2.16. The Hall–Kier alpha value is -1.06. The first-order valence-corrected chi connectivity index (χ1v) is 7.20. The van der Waals surface area contributed by atoms with E-state index in [1.54, 1.807) is 12.1 Å². The van der Waals surface area contributed by atoms with Gasteiger partial charge < -0.3 is 10.2 Å². The minimum atomic E-state index is -0.00635. The molecule has 3 nitrogen and oxygen atoms in total. The lowest BCUT2D eigenvalue weighted by molar-refractivity contribution is 0.0928. The number of halogens is 1. The Kier molecular flexibility index (Phi) is 4.83. The smallest absolute Gasteiger partial charge is 0.251 e. The molecule has 0 aromatic heterocycles. The molecule has 104 valence electrons. The van der Waals surface area contributed by atoms with E-state index >= 15 is 0 Å². The van der Waals surface area contributed by atoms with Crippen LogP contribution in [0.5, 0.6) is 0 Å². The highest BCUT2D eigenvalue weighted by atomic mass is 35.5. The number of likely N-dealkylation sites (N-methyl/N-ethyl adjacent to an activating group) is 1. The highest BCUT2D eigenvalue weighted by molar-refractivity contribution is 6.30. The lowest BCUT2D eigenvalue weighted by Crippen LogP contribution is -2.44. The van der Waals surface area contributed by atoms with Gasteiger partial charge in [0.1, 0.15) is 0 Å². The summed E-state index contributed by atoms with van der Waals surface area (Å²) in [6.07, 6.45) is 3.68. The van der Waals surface area contributed by atoms with Crippen LogP contribution in [0.4, 0.5) is 0 Å². The van der Waals surface area contributed by atoms with Crippen molar-refractivity contribution >= 4 is 17.5 Å². The quantitative estimate of drug-likeness (QED) is 0.923. The number of benzene rings is 1. The van der Waals surface area contributed by atoms with Crippen molar-refractivity contribution in [2.75, 3.05) is 20.1 Å². The summed E-state index contributed by atoms with van der Waals surface area (Å²) in [6.45, 7) is 3.76. The van der Waals surface area contributed by atoms with E-state index in [1.807, 2.05) is 13.0 Å². The highest BCUT2D eigenvalue weighted by Gasteiger charge is 2.19. The van der Waals surface area contributed by atoms with Gasteiger partial charge in [-0.15, -0.1) is 0 Å². The van der Waals surface area contributed by atoms with E-state index in [9.17, 15) is 4.79 Å². The number of amides is 1. The molecule has 1 fully saturated rings. The van der Waals surface area contributed by atoms with Crippen molar-refractivity contribution < 1.29 is 4.79 Å². The average molecular weight is 281 g/mol. The summed E-state index contributed by atoms with van der Waals surface area (Å²) in [4.78, 5) is 14.5. The monoisotopic (exact) mass is 280 g/mol. The Morgan fingerprint density at radius 1 is 1.47 bits per heavy atom. The van der Waals surface area contributed by atoms with E-state index in [0.29, 0.717) is 16.6 Å². The zero-order valence-corrected chi connectivity index (χ0v) is 12.3. The topological polar surface area (TPSA) is 32.3 Å². The minimum Gasteiger partial charge on any atom is -0.350 e. The van der Waals surface area contributed by atoms with E-state index in [4.69, 9.17) is 11.6 Å². The van der Waals surface area contributed by atoms with Crippen molar-refractivity contribution in [3.63, 3.8) is 0 Å². The molecule has 0 aliphatic carbocycles. The molecule has 1 aliphatic heterocycles. The molecule has 2 rings (SSSR count). The van der Waals surface area contributed by atoms with Crippen molar-refractivity contribution in [3.05, 3.63) is 34.3 Å². The first-order chi connectivity index (χ1) is 9.08. The van der Waals surface area contributed by atoms with Crippen LogP contribution in [0.15, 0.2) is 18.2 Å². The molecule has 0 bridgehead atoms. The van der Waals surface area contributed by atoms with Crippen molar-refractivity contribution in [1.29, 1.82) is 0 Å². The maximum atomic E-state index is 12.2. The number of nitrogens with zero attached hydrogens (tertiary/aromatic N) is 1. The fourth-order valence-electron chi connectivity index (χ4n) is 2.59. The Balaban J connectivity index is 1.93. The number of hydrogen-bond acceptors (Lipinski definition) is 2. The van der Waals surface area contributed by atoms with Crippen LogP contribution in [0, 0.1) is 6.92 Å². The Labute approximate surface area is 119 Å². The largest absolute Gasteiger partial charge is 0.350 e. The molecule has 1 atom stereocenters. The Bertz CT molecular complexity index is 461. The number of aryl methyl sites for hydroxylation is 1. The summed E-state index contributed by atoms with van der Waals surface area (Å²) < 4.78 is 0. The number of likely N-dealkylation sites (tertiary alicyclic amines) is 1. The first-order valence-electron chi connectivity index (χ1n) is 6.82. The second-order valence-corrected chi connectivity index (χ2v) is 5.74. The number of nitrogens with one attached hydrogen (secondary N) is 1. The van der Waals surface area contributed by atoms with E-state index in [-0.39, 0.29) is 5.91 Å². The van der Waals surface area contributed by atoms with Crippen LogP contribution < -0.4 is 5.32 Å². The molecule has 19 heavy (non-hydrogen) atoms. The zero-order valence-electron chi connectivity index (χ0n) is 11.6. The first kappa shape index (κ1) is 14.4. The normalized spacial score (nSPS) is 20.3. The summed E-state index contributed by atoms with van der Waals surface area (Å²) in [6, 6.07) is 5.84. The van der Waals surface area contributed by atoms with Gasteiger partial charge in [0, 0.05) is 23.2 Å². The van der Waals surface area contributed by atoms with Gasteiger partial charge in [-0.25, -0.2) is 0 Å². The van der Waals surface area contributed by atoms with Crippen molar-refractivity contribution in [1.82, 2.24) is 10.2 Å². The molecule has 1 aromatic rings. The van der Waals surface area contributed by atoms with Gasteiger partial charge in [0.05, 0.1) is 0 Å². The number of rotatable bonds is 3. The molecule has 1 aromatic carbocycles. The summed E-state index contributed by atoms with van der Waals surface area (Å²) >= 11 is 5.90. The van der Waals surface area contributed by atoms with Crippen LogP contribution in [0.2, 0.25) is 5.02 Å². The van der Waals surface area contributed by atoms with Gasteiger partial charge in [0.15, 0.2) is 0 Å². The summed E-state index contributed by atoms with van der Waals surface area (Å²) in [5.41, 5.74) is 1.63. The third kappa shape index (κ3) is 3.71. The molecule has 1 amide bonds. The van der Waals surface area contributed by atoms with Gasteiger partial charge in [-0.1, -0.05) is 18.0 Å². The average Bonchev–Trinajstić information content (AvgIpc) is 2.37. The molecule has 1 saturated heterocycles. The standard InChI is InChI=1S/C15H21ClN2O/c1-11-9-12(16)6-7-14(11)15(19)17-10-13-5-3-4-8-18(13)2/h6-7,9,13H,3-5,8,10H2,1-2H3,(H,17,19)/t13-/m0/s1. The SMILES string of the molecule is Cc1cc(Cl)ccc1C(=O)NC[C@@H]1CCCCN1C. The molecular formula is C15H21ClN2O. The van der Waals surface area contributed by atoms with Crippen molar-refractivity contribution in [2.45, 2.75) is 32.2 Å². The second kappa shape index (κ2) is 6.40. The van der Waals surface area contributed by atoms with E-state index in [2.05, 4.69) is 17.3 Å².